The Kier molecular flexibility index (Phi) is 7.91. The summed E-state index contributed by atoms with van der Waals surface area (Å²) >= 11 is 0. The maximum atomic E-state index is 12.1. The van der Waals surface area contributed by atoms with Gasteiger partial charge in [-0.2, -0.15) is 0 Å². The first-order valence-electron chi connectivity index (χ1n) is 9.47. The second-order valence-electron chi connectivity index (χ2n) is 8.01. The van der Waals surface area contributed by atoms with Gasteiger partial charge in [0.1, 0.15) is 0 Å². The Bertz CT molecular complexity index is 510. The topological polar surface area (TPSA) is 47.6 Å². The van der Waals surface area contributed by atoms with Crippen molar-refractivity contribution in [2.75, 3.05) is 19.8 Å². The number of carbonyl (C=O) groups excluding carboxylic acids is 1. The van der Waals surface area contributed by atoms with Gasteiger partial charge in [-0.05, 0) is 30.2 Å². The van der Waals surface area contributed by atoms with E-state index in [1.807, 2.05) is 30.3 Å². The van der Waals surface area contributed by atoms with Crippen LogP contribution in [0.3, 0.4) is 0 Å². The maximum absolute atomic E-state index is 12.1. The maximum Gasteiger partial charge on any atom is 0.220 e. The van der Waals surface area contributed by atoms with Gasteiger partial charge in [-0.1, -0.05) is 51.1 Å². The third-order valence-electron chi connectivity index (χ3n) is 4.66. The minimum Gasteiger partial charge on any atom is -0.377 e. The summed E-state index contributed by atoms with van der Waals surface area (Å²) in [5.41, 5.74) is 1.28. The Morgan fingerprint density at radius 1 is 1.28 bits per heavy atom. The second-order valence-corrected chi connectivity index (χ2v) is 8.01. The number of amides is 1. The summed E-state index contributed by atoms with van der Waals surface area (Å²) in [4.78, 5) is 12.1. The Morgan fingerprint density at radius 3 is 2.76 bits per heavy atom. The zero-order chi connectivity index (χ0) is 18.1. The van der Waals surface area contributed by atoms with Crippen LogP contribution in [0.25, 0.3) is 0 Å². The van der Waals surface area contributed by atoms with Gasteiger partial charge < -0.3 is 14.8 Å². The van der Waals surface area contributed by atoms with E-state index in [1.54, 1.807) is 0 Å². The fourth-order valence-corrected chi connectivity index (χ4v) is 3.44. The van der Waals surface area contributed by atoms with Crippen LogP contribution in [0.2, 0.25) is 0 Å². The number of nitrogens with one attached hydrogen (secondary N) is 1. The summed E-state index contributed by atoms with van der Waals surface area (Å²) in [6, 6.07) is 10.1. The van der Waals surface area contributed by atoms with Crippen molar-refractivity contribution in [1.82, 2.24) is 5.32 Å². The molecule has 0 spiro atoms. The molecule has 1 aromatic rings. The molecule has 0 aromatic heterocycles. The van der Waals surface area contributed by atoms with Gasteiger partial charge in [0.05, 0.1) is 12.7 Å². The Balaban J connectivity index is 1.60. The standard InChI is InChI=1S/C21H33NO3/c1-21(2,3)20-18(11-7-14-25-20)15-22-19(23)12-8-13-24-16-17-9-5-4-6-10-17/h4-6,9-10,18,20H,7-8,11-16H2,1-3H3,(H,22,23). The highest BCUT2D eigenvalue weighted by molar-refractivity contribution is 5.75. The highest BCUT2D eigenvalue weighted by atomic mass is 16.5. The third kappa shape index (κ3) is 7.17. The van der Waals surface area contributed by atoms with Crippen molar-refractivity contribution in [3.05, 3.63) is 35.9 Å². The molecule has 1 aliphatic heterocycles. The summed E-state index contributed by atoms with van der Waals surface area (Å²) in [6.07, 6.45) is 3.70. The average molecular weight is 347 g/mol. The SMILES string of the molecule is CC(C)(C)C1OCCCC1CNC(=O)CCCOCc1ccccc1. The summed E-state index contributed by atoms with van der Waals surface area (Å²) in [6.45, 7) is 9.40. The van der Waals surface area contributed by atoms with Crippen LogP contribution in [-0.2, 0) is 20.9 Å². The molecular weight excluding hydrogens is 314 g/mol. The molecule has 2 unspecified atom stereocenters. The van der Waals surface area contributed by atoms with Gasteiger partial charge in [0.2, 0.25) is 5.91 Å². The van der Waals surface area contributed by atoms with Gasteiger partial charge in [-0.15, -0.1) is 0 Å². The summed E-state index contributed by atoms with van der Waals surface area (Å²) in [5.74, 6) is 0.522. The lowest BCUT2D eigenvalue weighted by Gasteiger charge is -2.40. The molecule has 25 heavy (non-hydrogen) atoms. The van der Waals surface area contributed by atoms with E-state index in [0.717, 1.165) is 31.4 Å². The van der Waals surface area contributed by atoms with Crippen LogP contribution in [0, 0.1) is 11.3 Å². The number of carbonyl (C=O) groups is 1. The van der Waals surface area contributed by atoms with Crippen LogP contribution in [-0.4, -0.2) is 31.8 Å². The van der Waals surface area contributed by atoms with Crippen LogP contribution >= 0.6 is 0 Å². The van der Waals surface area contributed by atoms with Crippen molar-refractivity contribution in [3.8, 4) is 0 Å². The fourth-order valence-electron chi connectivity index (χ4n) is 3.44. The van der Waals surface area contributed by atoms with Crippen LogP contribution in [0.15, 0.2) is 30.3 Å². The zero-order valence-electron chi connectivity index (χ0n) is 15.9. The van der Waals surface area contributed by atoms with Gasteiger partial charge in [0, 0.05) is 32.1 Å². The quantitative estimate of drug-likeness (QED) is 0.725. The molecule has 1 amide bonds. The van der Waals surface area contributed by atoms with E-state index in [1.165, 1.54) is 0 Å². The monoisotopic (exact) mass is 347 g/mol. The van der Waals surface area contributed by atoms with Gasteiger partial charge >= 0.3 is 0 Å². The van der Waals surface area contributed by atoms with E-state index in [9.17, 15) is 4.79 Å². The van der Waals surface area contributed by atoms with E-state index >= 15 is 0 Å². The molecule has 2 rings (SSSR count). The molecule has 1 aliphatic rings. The normalized spacial score (nSPS) is 21.1. The van der Waals surface area contributed by atoms with Gasteiger partial charge in [-0.25, -0.2) is 0 Å². The van der Waals surface area contributed by atoms with Crippen LogP contribution in [0.1, 0.15) is 52.0 Å². The molecular formula is C21H33NO3. The third-order valence-corrected chi connectivity index (χ3v) is 4.66. The zero-order valence-corrected chi connectivity index (χ0v) is 15.9. The highest BCUT2D eigenvalue weighted by Gasteiger charge is 2.35. The van der Waals surface area contributed by atoms with E-state index in [2.05, 4.69) is 26.1 Å². The lowest BCUT2D eigenvalue weighted by molar-refractivity contribution is -0.123. The molecule has 1 heterocycles. The van der Waals surface area contributed by atoms with Crippen molar-refractivity contribution < 1.29 is 14.3 Å². The number of ether oxygens (including phenoxy) is 2. The lowest BCUT2D eigenvalue weighted by atomic mass is 9.78. The molecule has 4 nitrogen and oxygen atoms in total. The predicted molar refractivity (Wildman–Crippen MR) is 100 cm³/mol. The number of rotatable bonds is 8. The lowest BCUT2D eigenvalue weighted by Crippen LogP contribution is -2.45. The summed E-state index contributed by atoms with van der Waals surface area (Å²) in [5, 5.41) is 3.09. The van der Waals surface area contributed by atoms with Gasteiger partial charge in [0.25, 0.3) is 0 Å². The molecule has 0 aliphatic carbocycles. The van der Waals surface area contributed by atoms with Crippen molar-refractivity contribution in [2.45, 2.75) is 59.2 Å². The summed E-state index contributed by atoms with van der Waals surface area (Å²) < 4.78 is 11.6. The first-order chi connectivity index (χ1) is 12.0. The second kappa shape index (κ2) is 9.93. The van der Waals surface area contributed by atoms with Gasteiger partial charge in [-0.3, -0.25) is 4.79 Å². The largest absolute Gasteiger partial charge is 0.377 e. The van der Waals surface area contributed by atoms with Crippen molar-refractivity contribution >= 4 is 5.91 Å². The van der Waals surface area contributed by atoms with E-state index in [-0.39, 0.29) is 17.4 Å². The van der Waals surface area contributed by atoms with E-state index in [0.29, 0.717) is 32.1 Å². The van der Waals surface area contributed by atoms with Crippen molar-refractivity contribution in [2.24, 2.45) is 11.3 Å². The molecule has 1 saturated heterocycles. The van der Waals surface area contributed by atoms with Crippen LogP contribution < -0.4 is 5.32 Å². The van der Waals surface area contributed by atoms with Crippen LogP contribution in [0.4, 0.5) is 0 Å². The molecule has 0 radical (unpaired) electrons. The Labute approximate surface area is 152 Å². The number of hydrogen-bond acceptors (Lipinski definition) is 3. The molecule has 1 fully saturated rings. The van der Waals surface area contributed by atoms with Crippen molar-refractivity contribution in [3.63, 3.8) is 0 Å². The number of benzene rings is 1. The van der Waals surface area contributed by atoms with E-state index in [4.69, 9.17) is 9.47 Å². The number of hydrogen-bond donors (Lipinski definition) is 1. The smallest absolute Gasteiger partial charge is 0.220 e. The van der Waals surface area contributed by atoms with Crippen LogP contribution in [0.5, 0.6) is 0 Å². The first-order valence-corrected chi connectivity index (χ1v) is 9.47. The predicted octanol–water partition coefficient (Wildman–Crippen LogP) is 3.94. The van der Waals surface area contributed by atoms with E-state index < -0.39 is 0 Å². The van der Waals surface area contributed by atoms with Gasteiger partial charge in [0.15, 0.2) is 0 Å². The molecule has 4 heteroatoms. The molecule has 2 atom stereocenters. The molecule has 140 valence electrons. The minimum atomic E-state index is 0.112. The average Bonchev–Trinajstić information content (AvgIpc) is 2.60. The van der Waals surface area contributed by atoms with Crippen molar-refractivity contribution in [1.29, 1.82) is 0 Å². The molecule has 0 bridgehead atoms. The minimum absolute atomic E-state index is 0.112. The Morgan fingerprint density at radius 2 is 2.04 bits per heavy atom. The Hall–Kier alpha value is -1.39. The first kappa shape index (κ1) is 19.9. The molecule has 1 N–H and O–H groups in total. The summed E-state index contributed by atoms with van der Waals surface area (Å²) in [7, 11) is 0. The fraction of sp³-hybridized carbons (Fsp3) is 0.667. The molecule has 1 aromatic carbocycles. The highest BCUT2D eigenvalue weighted by Crippen LogP contribution is 2.33. The molecule has 0 saturated carbocycles.